The quantitative estimate of drug-likeness (QED) is 0.520. The van der Waals surface area contributed by atoms with Crippen molar-refractivity contribution in [3.63, 3.8) is 0 Å². The maximum Gasteiger partial charge on any atom is 0.257 e. The van der Waals surface area contributed by atoms with Crippen LogP contribution < -0.4 is 5.32 Å². The van der Waals surface area contributed by atoms with E-state index >= 15 is 0 Å². The highest BCUT2D eigenvalue weighted by Gasteiger charge is 2.13. The Morgan fingerprint density at radius 2 is 1.89 bits per heavy atom. The third-order valence-electron chi connectivity index (χ3n) is 4.16. The average molecular weight is 410 g/mol. The van der Waals surface area contributed by atoms with Crippen LogP contribution >= 0.6 is 22.9 Å². The first-order valence-corrected chi connectivity index (χ1v) is 9.74. The van der Waals surface area contributed by atoms with Gasteiger partial charge in [0.25, 0.3) is 5.91 Å². The summed E-state index contributed by atoms with van der Waals surface area (Å²) in [6.07, 6.45) is 3.15. The molecule has 0 bridgehead atoms. The first kappa shape index (κ1) is 18.3. The number of anilines is 1. The lowest BCUT2D eigenvalue weighted by Gasteiger charge is -2.04. The number of hydrogen-bond acceptors (Lipinski definition) is 5. The molecule has 2 heterocycles. The van der Waals surface area contributed by atoms with Crippen LogP contribution in [0.1, 0.15) is 20.8 Å². The van der Waals surface area contributed by atoms with Crippen molar-refractivity contribution in [1.82, 2.24) is 19.7 Å². The molecule has 140 valence electrons. The number of aromatic nitrogens is 4. The van der Waals surface area contributed by atoms with Gasteiger partial charge in [0, 0.05) is 21.0 Å². The predicted octanol–water partition coefficient (Wildman–Crippen LogP) is 4.66. The third kappa shape index (κ3) is 4.11. The molecule has 1 N–H and O–H groups in total. The average Bonchev–Trinajstić information content (AvgIpc) is 3.32. The molecule has 6 nitrogen and oxygen atoms in total. The van der Waals surface area contributed by atoms with Crippen molar-refractivity contribution in [2.75, 3.05) is 5.32 Å². The Kier molecular flexibility index (Phi) is 5.18. The lowest BCUT2D eigenvalue weighted by Crippen LogP contribution is -2.11. The Morgan fingerprint density at radius 1 is 1.14 bits per heavy atom. The summed E-state index contributed by atoms with van der Waals surface area (Å²) in [4.78, 5) is 22.1. The van der Waals surface area contributed by atoms with Crippen molar-refractivity contribution in [3.8, 4) is 11.3 Å². The van der Waals surface area contributed by atoms with Crippen molar-refractivity contribution in [2.45, 2.75) is 13.5 Å². The van der Waals surface area contributed by atoms with E-state index < -0.39 is 0 Å². The van der Waals surface area contributed by atoms with Crippen LogP contribution in [0.4, 0.5) is 5.13 Å². The summed E-state index contributed by atoms with van der Waals surface area (Å²) in [6, 6.07) is 14.9. The lowest BCUT2D eigenvalue weighted by atomic mass is 10.1. The van der Waals surface area contributed by atoms with Gasteiger partial charge in [0.05, 0.1) is 12.2 Å². The van der Waals surface area contributed by atoms with E-state index in [4.69, 9.17) is 11.6 Å². The normalized spacial score (nSPS) is 10.8. The largest absolute Gasteiger partial charge is 0.298 e. The smallest absolute Gasteiger partial charge is 0.257 e. The predicted molar refractivity (Wildman–Crippen MR) is 111 cm³/mol. The minimum absolute atomic E-state index is 0.191. The molecule has 0 aliphatic rings. The molecule has 0 saturated heterocycles. The topological polar surface area (TPSA) is 72.7 Å². The van der Waals surface area contributed by atoms with Crippen molar-refractivity contribution in [1.29, 1.82) is 0 Å². The fourth-order valence-electron chi connectivity index (χ4n) is 2.76. The zero-order chi connectivity index (χ0) is 19.5. The number of hydrogen-bond donors (Lipinski definition) is 1. The summed E-state index contributed by atoms with van der Waals surface area (Å²) in [7, 11) is 0. The number of carbonyl (C=O) groups excluding carboxylic acids is 1. The molecule has 0 aliphatic carbocycles. The molecule has 0 unspecified atom stereocenters. The van der Waals surface area contributed by atoms with E-state index in [9.17, 15) is 4.79 Å². The maximum atomic E-state index is 12.6. The molecule has 8 heteroatoms. The van der Waals surface area contributed by atoms with E-state index in [0.29, 0.717) is 22.3 Å². The molecule has 0 radical (unpaired) electrons. The molecule has 0 saturated carbocycles. The first-order valence-electron chi connectivity index (χ1n) is 8.54. The highest BCUT2D eigenvalue weighted by molar-refractivity contribution is 7.16. The maximum absolute atomic E-state index is 12.6. The van der Waals surface area contributed by atoms with E-state index in [1.54, 1.807) is 23.1 Å². The molecule has 1 amide bonds. The molecule has 0 spiro atoms. The number of amides is 1. The van der Waals surface area contributed by atoms with Gasteiger partial charge in [-0.2, -0.15) is 5.10 Å². The second-order valence-electron chi connectivity index (χ2n) is 6.17. The van der Waals surface area contributed by atoms with Gasteiger partial charge in [-0.3, -0.25) is 10.1 Å². The Balaban J connectivity index is 1.46. The summed E-state index contributed by atoms with van der Waals surface area (Å²) in [6.45, 7) is 2.59. The molecule has 2 aromatic heterocycles. The van der Waals surface area contributed by atoms with Gasteiger partial charge in [0.2, 0.25) is 0 Å². The second kappa shape index (κ2) is 7.92. The zero-order valence-electron chi connectivity index (χ0n) is 15.0. The van der Waals surface area contributed by atoms with Crippen LogP contribution in [0, 0.1) is 6.92 Å². The molecular weight excluding hydrogens is 394 g/mol. The van der Waals surface area contributed by atoms with E-state index in [-0.39, 0.29) is 5.91 Å². The number of nitrogens with one attached hydrogen (secondary N) is 1. The number of thiazole rings is 1. The van der Waals surface area contributed by atoms with Gasteiger partial charge in [-0.25, -0.2) is 14.6 Å². The van der Waals surface area contributed by atoms with Crippen LogP contribution in [0.3, 0.4) is 0 Å². The summed E-state index contributed by atoms with van der Waals surface area (Å²) < 4.78 is 1.73. The van der Waals surface area contributed by atoms with Gasteiger partial charge in [-0.15, -0.1) is 11.3 Å². The van der Waals surface area contributed by atoms with E-state index in [1.165, 1.54) is 17.7 Å². The molecule has 4 aromatic rings. The van der Waals surface area contributed by atoms with Crippen LogP contribution in [0.5, 0.6) is 0 Å². The van der Waals surface area contributed by atoms with Gasteiger partial charge in [0.1, 0.15) is 12.7 Å². The standard InChI is InChI=1S/C20H16ClN5OS/c1-13-18(15-6-8-17(21)9-7-15)24-20(28-13)25-19(27)16-4-2-14(3-5-16)10-26-12-22-11-23-26/h2-9,11-12H,10H2,1H3,(H,24,25,27). The zero-order valence-corrected chi connectivity index (χ0v) is 16.5. The molecule has 28 heavy (non-hydrogen) atoms. The molecule has 4 rings (SSSR count). The summed E-state index contributed by atoms with van der Waals surface area (Å²) in [5.74, 6) is -0.191. The summed E-state index contributed by atoms with van der Waals surface area (Å²) in [5, 5.41) is 8.20. The molecular formula is C20H16ClN5OS. The van der Waals surface area contributed by atoms with Crippen LogP contribution in [0.25, 0.3) is 11.3 Å². The first-order chi connectivity index (χ1) is 13.6. The van der Waals surface area contributed by atoms with Gasteiger partial charge in [-0.05, 0) is 36.8 Å². The fraction of sp³-hybridized carbons (Fsp3) is 0.100. The highest BCUT2D eigenvalue weighted by atomic mass is 35.5. The second-order valence-corrected chi connectivity index (χ2v) is 7.81. The molecule has 0 atom stereocenters. The Morgan fingerprint density at radius 3 is 2.57 bits per heavy atom. The van der Waals surface area contributed by atoms with E-state index in [2.05, 4.69) is 20.4 Å². The van der Waals surface area contributed by atoms with Crippen LogP contribution in [0.15, 0.2) is 61.2 Å². The van der Waals surface area contributed by atoms with Gasteiger partial charge in [0.15, 0.2) is 5.13 Å². The van der Waals surface area contributed by atoms with Crippen LogP contribution in [-0.2, 0) is 6.54 Å². The number of rotatable bonds is 5. The van der Waals surface area contributed by atoms with Gasteiger partial charge < -0.3 is 0 Å². The monoisotopic (exact) mass is 409 g/mol. The number of carbonyl (C=O) groups is 1. The van der Waals surface area contributed by atoms with Crippen LogP contribution in [0.2, 0.25) is 5.02 Å². The Labute approximate surface area is 170 Å². The van der Waals surface area contributed by atoms with Crippen molar-refractivity contribution in [2.24, 2.45) is 0 Å². The van der Waals surface area contributed by atoms with Crippen molar-refractivity contribution >= 4 is 34.0 Å². The van der Waals surface area contributed by atoms with E-state index in [1.807, 2.05) is 43.3 Å². The van der Waals surface area contributed by atoms with Crippen molar-refractivity contribution < 1.29 is 4.79 Å². The molecule has 0 aliphatic heterocycles. The number of nitrogens with zero attached hydrogens (tertiary/aromatic N) is 4. The summed E-state index contributed by atoms with van der Waals surface area (Å²) >= 11 is 7.40. The molecule has 2 aromatic carbocycles. The van der Waals surface area contributed by atoms with Crippen LogP contribution in [-0.4, -0.2) is 25.7 Å². The Hall–Kier alpha value is -3.03. The lowest BCUT2D eigenvalue weighted by molar-refractivity contribution is 0.102. The number of benzene rings is 2. The minimum Gasteiger partial charge on any atom is -0.298 e. The third-order valence-corrected chi connectivity index (χ3v) is 5.30. The Bertz CT molecular complexity index is 1090. The summed E-state index contributed by atoms with van der Waals surface area (Å²) in [5.41, 5.74) is 3.43. The van der Waals surface area contributed by atoms with Gasteiger partial charge >= 0.3 is 0 Å². The number of aryl methyl sites for hydroxylation is 1. The SMILES string of the molecule is Cc1sc(NC(=O)c2ccc(Cn3cncn3)cc2)nc1-c1ccc(Cl)cc1. The van der Waals surface area contributed by atoms with E-state index in [0.717, 1.165) is 21.7 Å². The molecule has 0 fully saturated rings. The fourth-order valence-corrected chi connectivity index (χ4v) is 3.71. The van der Waals surface area contributed by atoms with Gasteiger partial charge in [-0.1, -0.05) is 35.9 Å². The number of halogens is 1. The minimum atomic E-state index is -0.191. The van der Waals surface area contributed by atoms with Crippen molar-refractivity contribution in [3.05, 3.63) is 82.2 Å². The highest BCUT2D eigenvalue weighted by Crippen LogP contribution is 2.31.